The van der Waals surface area contributed by atoms with Crippen LogP contribution in [0.25, 0.3) is 0 Å². The number of ether oxygens (including phenoxy) is 1. The van der Waals surface area contributed by atoms with E-state index in [2.05, 4.69) is 4.74 Å². The van der Waals surface area contributed by atoms with E-state index in [4.69, 9.17) is 21.4 Å². The molecular weight excluding hydrogens is 372 g/mol. The fraction of sp³-hybridized carbons (Fsp3) is 0.318. The van der Waals surface area contributed by atoms with Gasteiger partial charge >= 0.3 is 5.97 Å². The van der Waals surface area contributed by atoms with Crippen LogP contribution in [0.3, 0.4) is 0 Å². The first-order valence-electron chi connectivity index (χ1n) is 9.27. The molecule has 0 saturated heterocycles. The third-order valence-electron chi connectivity index (χ3n) is 3.15. The standard InChI is InChI=1S/C10H11NO3.C8H9NO2.2C2H6/c1-14-10(13)9(11)6-7-2-4-8(12)5-3-7;1-5(10)7-4-6(9)2-3-8(7)11;2*1-2/h2-5,11-12H,6H2,1H3;2-4,11H,9H2,1H3;2*1-2H3. The molecule has 0 aliphatic rings. The lowest BCUT2D eigenvalue weighted by Gasteiger charge is -2.01. The summed E-state index contributed by atoms with van der Waals surface area (Å²) in [7, 11) is 1.24. The van der Waals surface area contributed by atoms with Crippen LogP contribution in [0.15, 0.2) is 42.5 Å². The lowest BCUT2D eigenvalue weighted by molar-refractivity contribution is -0.132. The molecule has 2 aromatic rings. The number of phenolic OH excluding ortho intramolecular Hbond substituents is 2. The SMILES string of the molecule is CC.CC.CC(=O)c1cc(N)ccc1O.COC(=O)C(=N)Cc1ccc(O)cc1. The van der Waals surface area contributed by atoms with Crippen molar-refractivity contribution in [3.8, 4) is 11.5 Å². The molecule has 2 aromatic carbocycles. The average molecular weight is 405 g/mol. The first-order chi connectivity index (χ1) is 13.7. The lowest BCUT2D eigenvalue weighted by Crippen LogP contribution is -2.16. The van der Waals surface area contributed by atoms with Crippen molar-refractivity contribution in [2.75, 3.05) is 12.8 Å². The van der Waals surface area contributed by atoms with Crippen LogP contribution in [0, 0.1) is 5.41 Å². The van der Waals surface area contributed by atoms with Gasteiger partial charge in [0.15, 0.2) is 5.78 Å². The molecule has 2 rings (SSSR count). The highest BCUT2D eigenvalue weighted by molar-refractivity contribution is 6.35. The molecule has 0 atom stereocenters. The van der Waals surface area contributed by atoms with Crippen molar-refractivity contribution in [3.05, 3.63) is 53.6 Å². The average Bonchev–Trinajstić information content (AvgIpc) is 2.74. The molecule has 0 aromatic heterocycles. The van der Waals surface area contributed by atoms with Gasteiger partial charge in [-0.2, -0.15) is 0 Å². The van der Waals surface area contributed by atoms with Gasteiger partial charge in [0.2, 0.25) is 0 Å². The Morgan fingerprint density at radius 2 is 1.52 bits per heavy atom. The van der Waals surface area contributed by atoms with E-state index in [-0.39, 0.29) is 35.0 Å². The smallest absolute Gasteiger partial charge is 0.352 e. The van der Waals surface area contributed by atoms with Crippen LogP contribution in [0.2, 0.25) is 0 Å². The molecule has 0 unspecified atom stereocenters. The molecule has 7 heteroatoms. The third kappa shape index (κ3) is 11.2. The van der Waals surface area contributed by atoms with Gasteiger partial charge in [0.25, 0.3) is 0 Å². The number of benzene rings is 2. The Kier molecular flexibility index (Phi) is 15.1. The Morgan fingerprint density at radius 1 is 1.00 bits per heavy atom. The number of carbonyl (C=O) groups is 2. The Bertz CT molecular complexity index is 771. The minimum Gasteiger partial charge on any atom is -0.508 e. The summed E-state index contributed by atoms with van der Waals surface area (Å²) in [6.07, 6.45) is 0.215. The number of nitrogens with two attached hydrogens (primary N) is 1. The van der Waals surface area contributed by atoms with Crippen molar-refractivity contribution >= 4 is 23.2 Å². The van der Waals surface area contributed by atoms with Gasteiger partial charge in [0.05, 0.1) is 12.7 Å². The first-order valence-corrected chi connectivity index (χ1v) is 9.27. The minimum absolute atomic E-state index is 0.0216. The van der Waals surface area contributed by atoms with Gasteiger partial charge < -0.3 is 20.7 Å². The summed E-state index contributed by atoms with van der Waals surface area (Å²) in [5, 5.41) is 25.5. The van der Waals surface area contributed by atoms with Crippen LogP contribution in [0.4, 0.5) is 5.69 Å². The number of hydrogen-bond donors (Lipinski definition) is 4. The van der Waals surface area contributed by atoms with E-state index < -0.39 is 5.97 Å². The Morgan fingerprint density at radius 3 is 1.93 bits per heavy atom. The van der Waals surface area contributed by atoms with E-state index in [1.165, 1.54) is 38.3 Å². The molecule has 0 fully saturated rings. The maximum absolute atomic E-state index is 10.9. The highest BCUT2D eigenvalue weighted by Crippen LogP contribution is 2.19. The topological polar surface area (TPSA) is 134 Å². The number of aromatic hydroxyl groups is 2. The fourth-order valence-electron chi connectivity index (χ4n) is 1.85. The van der Waals surface area contributed by atoms with Gasteiger partial charge in [-0.25, -0.2) is 4.79 Å². The van der Waals surface area contributed by atoms with Crippen molar-refractivity contribution in [2.24, 2.45) is 0 Å². The molecule has 0 heterocycles. The summed E-state index contributed by atoms with van der Waals surface area (Å²) in [5.74, 6) is -0.669. The number of rotatable bonds is 4. The summed E-state index contributed by atoms with van der Waals surface area (Å²) in [6, 6.07) is 10.8. The second kappa shape index (κ2) is 15.7. The number of phenols is 2. The molecule has 0 radical (unpaired) electrons. The number of nitrogen functional groups attached to an aromatic ring is 1. The van der Waals surface area contributed by atoms with Gasteiger partial charge in [-0.1, -0.05) is 39.8 Å². The van der Waals surface area contributed by atoms with Crippen LogP contribution < -0.4 is 5.73 Å². The molecule has 0 aliphatic heterocycles. The van der Waals surface area contributed by atoms with Crippen molar-refractivity contribution in [1.29, 1.82) is 5.41 Å². The number of Topliss-reactive ketones (excluding diaryl/α,β-unsaturated/α-hetero) is 1. The number of hydrogen-bond acceptors (Lipinski definition) is 7. The third-order valence-corrected chi connectivity index (χ3v) is 3.15. The van der Waals surface area contributed by atoms with E-state index in [1.54, 1.807) is 18.2 Å². The number of methoxy groups -OCH3 is 1. The molecule has 0 spiro atoms. The maximum Gasteiger partial charge on any atom is 0.352 e. The lowest BCUT2D eigenvalue weighted by atomic mass is 10.1. The van der Waals surface area contributed by atoms with Crippen LogP contribution in [-0.2, 0) is 16.0 Å². The Hall–Kier alpha value is -3.35. The summed E-state index contributed by atoms with van der Waals surface area (Å²) < 4.78 is 4.40. The van der Waals surface area contributed by atoms with Gasteiger partial charge in [-0.3, -0.25) is 10.2 Å². The van der Waals surface area contributed by atoms with Crippen molar-refractivity contribution in [2.45, 2.75) is 41.0 Å². The Balaban J connectivity index is 0. The zero-order chi connectivity index (χ0) is 23.0. The molecule has 0 amide bonds. The van der Waals surface area contributed by atoms with Crippen molar-refractivity contribution < 1.29 is 24.5 Å². The monoisotopic (exact) mass is 404 g/mol. The number of anilines is 1. The molecule has 0 bridgehead atoms. The van der Waals surface area contributed by atoms with Gasteiger partial charge in [0, 0.05) is 12.1 Å². The molecular formula is C22H32N2O5. The quantitative estimate of drug-likeness (QED) is 0.197. The molecule has 160 valence electrons. The number of carbonyl (C=O) groups excluding carboxylic acids is 2. The molecule has 29 heavy (non-hydrogen) atoms. The summed E-state index contributed by atoms with van der Waals surface area (Å²) in [6.45, 7) is 9.38. The normalized spacial score (nSPS) is 8.62. The van der Waals surface area contributed by atoms with Crippen LogP contribution >= 0.6 is 0 Å². The van der Waals surface area contributed by atoms with Crippen molar-refractivity contribution in [1.82, 2.24) is 0 Å². The molecule has 0 saturated carbocycles. The maximum atomic E-state index is 10.9. The van der Waals surface area contributed by atoms with Crippen LogP contribution in [0.5, 0.6) is 11.5 Å². The van der Waals surface area contributed by atoms with E-state index in [9.17, 15) is 9.59 Å². The predicted octanol–water partition coefficient (Wildman–Crippen LogP) is 4.36. The van der Waals surface area contributed by atoms with E-state index in [0.717, 1.165) is 5.56 Å². The summed E-state index contributed by atoms with van der Waals surface area (Å²) in [4.78, 5) is 21.7. The second-order valence-electron chi connectivity index (χ2n) is 5.15. The zero-order valence-corrected chi connectivity index (χ0v) is 17.9. The number of nitrogens with one attached hydrogen (secondary N) is 1. The van der Waals surface area contributed by atoms with E-state index in [0.29, 0.717) is 5.69 Å². The van der Waals surface area contributed by atoms with E-state index in [1.807, 2.05) is 27.7 Å². The van der Waals surface area contributed by atoms with Gasteiger partial charge in [-0.05, 0) is 42.8 Å². The van der Waals surface area contributed by atoms with E-state index >= 15 is 0 Å². The van der Waals surface area contributed by atoms with Crippen LogP contribution in [0.1, 0.15) is 50.5 Å². The Labute approximate surface area is 172 Å². The highest BCUT2D eigenvalue weighted by atomic mass is 16.5. The molecule has 7 nitrogen and oxygen atoms in total. The fourth-order valence-corrected chi connectivity index (χ4v) is 1.85. The van der Waals surface area contributed by atoms with Crippen molar-refractivity contribution in [3.63, 3.8) is 0 Å². The number of ketones is 1. The minimum atomic E-state index is -0.627. The number of esters is 1. The highest BCUT2D eigenvalue weighted by Gasteiger charge is 2.09. The van der Waals surface area contributed by atoms with Crippen LogP contribution in [-0.4, -0.2) is 34.8 Å². The largest absolute Gasteiger partial charge is 0.508 e. The zero-order valence-electron chi connectivity index (χ0n) is 17.9. The van der Waals surface area contributed by atoms with Gasteiger partial charge in [0.1, 0.15) is 17.2 Å². The second-order valence-corrected chi connectivity index (χ2v) is 5.15. The molecule has 0 aliphatic carbocycles. The summed E-state index contributed by atoms with van der Waals surface area (Å²) in [5.41, 5.74) is 6.84. The predicted molar refractivity (Wildman–Crippen MR) is 117 cm³/mol. The first kappa shape index (κ1) is 27.9. The molecule has 5 N–H and O–H groups in total. The van der Waals surface area contributed by atoms with Gasteiger partial charge in [-0.15, -0.1) is 0 Å². The summed E-state index contributed by atoms with van der Waals surface area (Å²) >= 11 is 0.